The van der Waals surface area contributed by atoms with Crippen LogP contribution < -0.4 is 24.3 Å². The smallest absolute Gasteiger partial charge is 0.410 e. The highest BCUT2D eigenvalue weighted by Gasteiger charge is 2.46. The number of rotatable bonds is 12. The van der Waals surface area contributed by atoms with Gasteiger partial charge in [0.05, 0.1) is 38.5 Å². The number of amides is 2. The molecule has 3 aromatic carbocycles. The Hall–Kier alpha value is -5.37. The first-order valence-corrected chi connectivity index (χ1v) is 15.7. The van der Waals surface area contributed by atoms with Crippen molar-refractivity contribution in [1.29, 1.82) is 0 Å². The number of likely N-dealkylation sites (tertiary alicyclic amines) is 1. The van der Waals surface area contributed by atoms with Crippen LogP contribution >= 0.6 is 0 Å². The van der Waals surface area contributed by atoms with Crippen molar-refractivity contribution in [2.75, 3.05) is 41.8 Å². The Bertz CT molecular complexity index is 1750. The van der Waals surface area contributed by atoms with Gasteiger partial charge < -0.3 is 38.8 Å². The lowest BCUT2D eigenvalue weighted by Crippen LogP contribution is -2.58. The Morgan fingerprint density at radius 1 is 0.900 bits per heavy atom. The molecule has 50 heavy (non-hydrogen) atoms. The molecule has 3 atom stereocenters. The van der Waals surface area contributed by atoms with Gasteiger partial charge in [-0.25, -0.2) is 14.0 Å². The van der Waals surface area contributed by atoms with E-state index in [1.54, 1.807) is 45.0 Å². The Labute approximate surface area is 289 Å². The highest BCUT2D eigenvalue weighted by Crippen LogP contribution is 2.41. The fourth-order valence-corrected chi connectivity index (χ4v) is 6.14. The molecule has 14 heteroatoms. The van der Waals surface area contributed by atoms with Gasteiger partial charge in [0.25, 0.3) is 5.91 Å². The zero-order chi connectivity index (χ0) is 36.7. The van der Waals surface area contributed by atoms with Gasteiger partial charge in [0, 0.05) is 31.2 Å². The second kappa shape index (κ2) is 16.4. The van der Waals surface area contributed by atoms with E-state index in [0.717, 1.165) is 4.90 Å². The number of hydrogen-bond acceptors (Lipinski definition) is 10. The fraction of sp³-hybridized carbons (Fsp3) is 0.389. The number of carbonyl (C=O) groups excluding carboxylic acids is 3. The van der Waals surface area contributed by atoms with Crippen LogP contribution in [0.25, 0.3) is 0 Å². The summed E-state index contributed by atoms with van der Waals surface area (Å²) in [5, 5.41) is 13.1. The number of hydrogen-bond donors (Lipinski definition) is 2. The first-order valence-electron chi connectivity index (χ1n) is 15.7. The number of nitrogens with zero attached hydrogens (tertiary/aromatic N) is 1. The summed E-state index contributed by atoms with van der Waals surface area (Å²) in [6.45, 7) is 4.99. The van der Waals surface area contributed by atoms with Gasteiger partial charge in [-0.1, -0.05) is 18.2 Å². The second-order valence-corrected chi connectivity index (χ2v) is 11.6. The summed E-state index contributed by atoms with van der Waals surface area (Å²) < 4.78 is 48.5. The summed E-state index contributed by atoms with van der Waals surface area (Å²) in [5.41, 5.74) is 1.53. The van der Waals surface area contributed by atoms with Crippen LogP contribution in [0.3, 0.4) is 0 Å². The highest BCUT2D eigenvalue weighted by atomic mass is 19.1. The van der Waals surface area contributed by atoms with Gasteiger partial charge >= 0.3 is 12.1 Å². The molecule has 1 aliphatic heterocycles. The lowest BCUT2D eigenvalue weighted by Gasteiger charge is -2.36. The predicted octanol–water partition coefficient (Wildman–Crippen LogP) is 5.31. The van der Waals surface area contributed by atoms with Crippen molar-refractivity contribution < 1.29 is 57.1 Å². The van der Waals surface area contributed by atoms with Gasteiger partial charge in [0.1, 0.15) is 11.5 Å². The standard InChI is InChI=1S/C36H41FN2O11/c1-19-16-24(49-18-45-4)20(2)21(3)27(19)33(41)38-30-23(31(40)28-25(46-5)17-26(47-6)32(48-7)29(28)37)14-11-15-39(36(43)44)34(30)50-35(42)22-12-9-8-10-13-22/h8-10,12-13,16-17,23,30,34H,11,14-15,18H2,1-7H3,(H,38,41)(H,43,44). The van der Waals surface area contributed by atoms with Crippen molar-refractivity contribution in [3.05, 3.63) is 81.7 Å². The maximum Gasteiger partial charge on any atom is 0.410 e. The number of Topliss-reactive ketones (excluding diaryl/α,β-unsaturated/α-hetero) is 1. The van der Waals surface area contributed by atoms with Gasteiger partial charge in [-0.2, -0.15) is 0 Å². The van der Waals surface area contributed by atoms with E-state index in [0.29, 0.717) is 22.4 Å². The number of halogens is 1. The number of carboxylic acid groups (broad SMARTS) is 1. The van der Waals surface area contributed by atoms with Crippen LogP contribution in [0.4, 0.5) is 9.18 Å². The van der Waals surface area contributed by atoms with Crippen molar-refractivity contribution in [2.45, 2.75) is 45.9 Å². The molecule has 0 saturated carbocycles. The van der Waals surface area contributed by atoms with Gasteiger partial charge in [0.15, 0.2) is 29.9 Å². The van der Waals surface area contributed by atoms with Crippen LogP contribution in [0, 0.1) is 32.5 Å². The normalized spacial score (nSPS) is 17.3. The summed E-state index contributed by atoms with van der Waals surface area (Å²) in [5.74, 6) is -4.90. The van der Waals surface area contributed by atoms with Crippen molar-refractivity contribution in [1.82, 2.24) is 10.2 Å². The third-order valence-corrected chi connectivity index (χ3v) is 8.73. The maximum absolute atomic E-state index is 16.1. The number of aryl methyl sites for hydroxylation is 1. The molecule has 2 N–H and O–H groups in total. The van der Waals surface area contributed by atoms with Crippen LogP contribution in [0.15, 0.2) is 42.5 Å². The molecule has 3 aromatic rings. The lowest BCUT2D eigenvalue weighted by molar-refractivity contribution is -0.0416. The molecule has 268 valence electrons. The molecule has 1 saturated heterocycles. The molecule has 4 rings (SSSR count). The first kappa shape index (κ1) is 37.4. The largest absolute Gasteiger partial charge is 0.496 e. The minimum absolute atomic E-state index is 0.0211. The summed E-state index contributed by atoms with van der Waals surface area (Å²) in [7, 11) is 5.22. The summed E-state index contributed by atoms with van der Waals surface area (Å²) in [6, 6.07) is 9.30. The first-order chi connectivity index (χ1) is 23.9. The molecular weight excluding hydrogens is 655 g/mol. The average Bonchev–Trinajstić information content (AvgIpc) is 3.27. The van der Waals surface area contributed by atoms with E-state index in [2.05, 4.69) is 5.32 Å². The van der Waals surface area contributed by atoms with E-state index in [9.17, 15) is 24.3 Å². The zero-order valence-electron chi connectivity index (χ0n) is 29.0. The van der Waals surface area contributed by atoms with Crippen molar-refractivity contribution in [3.63, 3.8) is 0 Å². The minimum atomic E-state index is -1.71. The van der Waals surface area contributed by atoms with E-state index in [1.165, 1.54) is 46.6 Å². The van der Waals surface area contributed by atoms with Gasteiger partial charge in [-0.05, 0) is 68.5 Å². The SMILES string of the molecule is COCOc1cc(C)c(C(=O)NC2C(C(=O)c3c(OC)cc(OC)c(OC)c3F)CCCN(C(=O)O)C2OC(=O)c2ccccc2)c(C)c1C. The maximum atomic E-state index is 16.1. The van der Waals surface area contributed by atoms with Crippen molar-refractivity contribution in [2.24, 2.45) is 5.92 Å². The van der Waals surface area contributed by atoms with Crippen LogP contribution in [0.5, 0.6) is 23.0 Å². The molecule has 13 nitrogen and oxygen atoms in total. The van der Waals surface area contributed by atoms with E-state index >= 15 is 4.39 Å². The zero-order valence-corrected chi connectivity index (χ0v) is 29.0. The van der Waals surface area contributed by atoms with E-state index < -0.39 is 53.3 Å². The molecule has 0 aliphatic carbocycles. The van der Waals surface area contributed by atoms with E-state index in [1.807, 2.05) is 0 Å². The average molecular weight is 697 g/mol. The minimum Gasteiger partial charge on any atom is -0.496 e. The van der Waals surface area contributed by atoms with E-state index in [-0.39, 0.29) is 54.6 Å². The number of methoxy groups -OCH3 is 4. The molecule has 0 bridgehead atoms. The Morgan fingerprint density at radius 3 is 2.18 bits per heavy atom. The lowest BCUT2D eigenvalue weighted by atomic mass is 9.85. The summed E-state index contributed by atoms with van der Waals surface area (Å²) in [6.07, 6.45) is -3.08. The number of ketones is 1. The van der Waals surface area contributed by atoms with Gasteiger partial charge in [-0.3, -0.25) is 14.5 Å². The molecule has 1 aliphatic rings. The molecule has 1 heterocycles. The van der Waals surface area contributed by atoms with Crippen LogP contribution in [-0.4, -0.2) is 87.8 Å². The van der Waals surface area contributed by atoms with Crippen molar-refractivity contribution in [3.8, 4) is 23.0 Å². The second-order valence-electron chi connectivity index (χ2n) is 11.6. The third-order valence-electron chi connectivity index (χ3n) is 8.73. The molecule has 3 unspecified atom stereocenters. The Morgan fingerprint density at radius 2 is 1.58 bits per heavy atom. The Kier molecular flexibility index (Phi) is 12.2. The van der Waals surface area contributed by atoms with Crippen LogP contribution in [0.2, 0.25) is 0 Å². The van der Waals surface area contributed by atoms with Crippen molar-refractivity contribution >= 4 is 23.8 Å². The highest BCUT2D eigenvalue weighted by molar-refractivity contribution is 6.03. The predicted molar refractivity (Wildman–Crippen MR) is 178 cm³/mol. The monoisotopic (exact) mass is 696 g/mol. The summed E-state index contributed by atoms with van der Waals surface area (Å²) in [4.78, 5) is 55.8. The molecule has 0 radical (unpaired) electrons. The summed E-state index contributed by atoms with van der Waals surface area (Å²) >= 11 is 0. The molecule has 0 aromatic heterocycles. The quantitative estimate of drug-likeness (QED) is 0.144. The molecule has 1 fully saturated rings. The fourth-order valence-electron chi connectivity index (χ4n) is 6.14. The topological polar surface area (TPSA) is 159 Å². The van der Waals surface area contributed by atoms with E-state index in [4.69, 9.17) is 28.4 Å². The number of carbonyl (C=O) groups is 4. The third kappa shape index (κ3) is 7.59. The Balaban J connectivity index is 1.90. The van der Waals surface area contributed by atoms with Gasteiger partial charge in [0.2, 0.25) is 6.23 Å². The number of esters is 1. The molecule has 0 spiro atoms. The van der Waals surface area contributed by atoms with Crippen LogP contribution in [0.1, 0.15) is 60.6 Å². The molecule has 2 amide bonds. The van der Waals surface area contributed by atoms with Crippen LogP contribution in [-0.2, 0) is 9.47 Å². The number of nitrogens with one attached hydrogen (secondary N) is 1. The number of ether oxygens (including phenoxy) is 6. The number of benzene rings is 3. The van der Waals surface area contributed by atoms with Gasteiger partial charge in [-0.15, -0.1) is 0 Å². The molecular formula is C36H41FN2O11.